The van der Waals surface area contributed by atoms with Crippen LogP contribution in [0.4, 0.5) is 0 Å². The van der Waals surface area contributed by atoms with E-state index in [0.29, 0.717) is 12.8 Å². The average Bonchev–Trinajstić information content (AvgIpc) is 2.30. The molecule has 2 N–H and O–H groups in total. The fourth-order valence-corrected chi connectivity index (χ4v) is 1.81. The van der Waals surface area contributed by atoms with Gasteiger partial charge >= 0.3 is 0 Å². The maximum absolute atomic E-state index is 11.7. The summed E-state index contributed by atoms with van der Waals surface area (Å²) in [6.45, 7) is 4.17. The second kappa shape index (κ2) is 7.17. The number of hydrogen-bond donors (Lipinski definition) is 1. The minimum absolute atomic E-state index is 0.00224. The average molecular weight is 234 g/mol. The van der Waals surface area contributed by atoms with Crippen molar-refractivity contribution in [2.24, 2.45) is 5.73 Å². The van der Waals surface area contributed by atoms with E-state index in [1.54, 1.807) is 0 Å². The number of aryl methyl sites for hydroxylation is 1. The van der Waals surface area contributed by atoms with Crippen molar-refractivity contribution in [1.29, 1.82) is 0 Å². The predicted molar refractivity (Wildman–Crippen MR) is 69.8 cm³/mol. The number of carbonyl (C=O) groups is 1. The summed E-state index contributed by atoms with van der Waals surface area (Å²) in [5, 5.41) is 0. The standard InChI is InChI=1S/C14H22N2O/c1-3-5-12(15)8-14(17)9-13-7-6-11(4-2)10-16-13/h6-7,10,12H,3-5,8-9,15H2,1-2H3. The molecule has 1 aromatic rings. The highest BCUT2D eigenvalue weighted by Gasteiger charge is 2.10. The molecule has 0 saturated carbocycles. The predicted octanol–water partition coefficient (Wildman–Crippen LogP) is 2.27. The van der Waals surface area contributed by atoms with Gasteiger partial charge in [0.05, 0.1) is 0 Å². The molecule has 0 aliphatic rings. The molecule has 0 aliphatic carbocycles. The Bertz CT molecular complexity index is 346. The molecule has 0 fully saturated rings. The van der Waals surface area contributed by atoms with Crippen LogP contribution in [0.25, 0.3) is 0 Å². The van der Waals surface area contributed by atoms with Gasteiger partial charge in [0.15, 0.2) is 0 Å². The van der Waals surface area contributed by atoms with Gasteiger partial charge in [0, 0.05) is 30.8 Å². The SMILES string of the molecule is CCCC(N)CC(=O)Cc1ccc(CC)cn1. The van der Waals surface area contributed by atoms with E-state index in [1.807, 2.05) is 18.3 Å². The quantitative estimate of drug-likeness (QED) is 0.787. The highest BCUT2D eigenvalue weighted by atomic mass is 16.1. The van der Waals surface area contributed by atoms with Crippen LogP contribution >= 0.6 is 0 Å². The first-order valence-electron chi connectivity index (χ1n) is 6.36. The molecule has 0 aromatic carbocycles. The molecule has 94 valence electrons. The van der Waals surface area contributed by atoms with E-state index in [-0.39, 0.29) is 11.8 Å². The molecule has 1 aromatic heterocycles. The normalized spacial score (nSPS) is 12.4. The van der Waals surface area contributed by atoms with Crippen molar-refractivity contribution in [3.63, 3.8) is 0 Å². The summed E-state index contributed by atoms with van der Waals surface area (Å²) < 4.78 is 0. The fourth-order valence-electron chi connectivity index (χ4n) is 1.81. The molecule has 1 heterocycles. The van der Waals surface area contributed by atoms with Crippen molar-refractivity contribution in [3.05, 3.63) is 29.6 Å². The first-order valence-corrected chi connectivity index (χ1v) is 6.36. The van der Waals surface area contributed by atoms with Gasteiger partial charge < -0.3 is 5.73 Å². The Hall–Kier alpha value is -1.22. The van der Waals surface area contributed by atoms with E-state index in [9.17, 15) is 4.79 Å². The Kier molecular flexibility index (Phi) is 5.84. The summed E-state index contributed by atoms with van der Waals surface area (Å²) >= 11 is 0. The summed E-state index contributed by atoms with van der Waals surface area (Å²) in [6.07, 6.45) is 5.62. The maximum Gasteiger partial charge on any atom is 0.140 e. The van der Waals surface area contributed by atoms with Gasteiger partial charge in [0.25, 0.3) is 0 Å². The number of hydrogen-bond acceptors (Lipinski definition) is 3. The molecule has 0 radical (unpaired) electrons. The van der Waals surface area contributed by atoms with Crippen molar-refractivity contribution < 1.29 is 4.79 Å². The molecule has 3 nitrogen and oxygen atoms in total. The van der Waals surface area contributed by atoms with Gasteiger partial charge in [-0.05, 0) is 24.5 Å². The molecular formula is C14H22N2O. The van der Waals surface area contributed by atoms with Crippen molar-refractivity contribution in [2.45, 2.75) is 52.0 Å². The van der Waals surface area contributed by atoms with Gasteiger partial charge in [0.1, 0.15) is 5.78 Å². The number of pyridine rings is 1. The van der Waals surface area contributed by atoms with Crippen molar-refractivity contribution in [3.8, 4) is 0 Å². The van der Waals surface area contributed by atoms with Gasteiger partial charge in [-0.3, -0.25) is 9.78 Å². The molecule has 3 heteroatoms. The van der Waals surface area contributed by atoms with Crippen molar-refractivity contribution in [2.75, 3.05) is 0 Å². The van der Waals surface area contributed by atoms with Crippen molar-refractivity contribution >= 4 is 5.78 Å². The van der Waals surface area contributed by atoms with Gasteiger partial charge in [-0.1, -0.05) is 26.3 Å². The Morgan fingerprint density at radius 2 is 2.18 bits per heavy atom. The number of carbonyl (C=O) groups excluding carboxylic acids is 1. The molecule has 0 spiro atoms. The number of Topliss-reactive ketones (excluding diaryl/α,β-unsaturated/α-hetero) is 1. The van der Waals surface area contributed by atoms with E-state index in [0.717, 1.165) is 25.0 Å². The first kappa shape index (κ1) is 13.8. The van der Waals surface area contributed by atoms with Gasteiger partial charge in [-0.15, -0.1) is 0 Å². The third kappa shape index (κ3) is 5.09. The van der Waals surface area contributed by atoms with Crippen LogP contribution in [0, 0.1) is 0 Å². The Labute approximate surface area is 103 Å². The van der Waals surface area contributed by atoms with Gasteiger partial charge in [-0.2, -0.15) is 0 Å². The summed E-state index contributed by atoms with van der Waals surface area (Å²) in [6, 6.07) is 3.96. The highest BCUT2D eigenvalue weighted by Crippen LogP contribution is 2.05. The van der Waals surface area contributed by atoms with Crippen molar-refractivity contribution in [1.82, 2.24) is 4.98 Å². The lowest BCUT2D eigenvalue weighted by molar-refractivity contribution is -0.118. The lowest BCUT2D eigenvalue weighted by atomic mass is 10.0. The highest BCUT2D eigenvalue weighted by molar-refractivity contribution is 5.81. The van der Waals surface area contributed by atoms with E-state index in [4.69, 9.17) is 5.73 Å². The zero-order valence-corrected chi connectivity index (χ0v) is 10.8. The summed E-state index contributed by atoms with van der Waals surface area (Å²) in [7, 11) is 0. The lowest BCUT2D eigenvalue weighted by Crippen LogP contribution is -2.24. The van der Waals surface area contributed by atoms with Crippen LogP contribution in [0.1, 0.15) is 44.4 Å². The molecule has 1 unspecified atom stereocenters. The zero-order valence-electron chi connectivity index (χ0n) is 10.8. The molecule has 17 heavy (non-hydrogen) atoms. The second-order valence-corrected chi connectivity index (χ2v) is 4.48. The largest absolute Gasteiger partial charge is 0.327 e. The van der Waals surface area contributed by atoms with Crippen LogP contribution in [0.3, 0.4) is 0 Å². The number of nitrogens with two attached hydrogens (primary N) is 1. The fraction of sp³-hybridized carbons (Fsp3) is 0.571. The molecule has 0 amide bonds. The zero-order chi connectivity index (χ0) is 12.7. The summed E-state index contributed by atoms with van der Waals surface area (Å²) in [5.41, 5.74) is 7.88. The minimum Gasteiger partial charge on any atom is -0.327 e. The van der Waals surface area contributed by atoms with Crippen LogP contribution in [0.15, 0.2) is 18.3 Å². The van der Waals surface area contributed by atoms with Crippen LogP contribution in [0.2, 0.25) is 0 Å². The summed E-state index contributed by atoms with van der Waals surface area (Å²) in [5.74, 6) is 0.183. The molecule has 0 bridgehead atoms. The molecule has 0 aliphatic heterocycles. The summed E-state index contributed by atoms with van der Waals surface area (Å²) in [4.78, 5) is 16.0. The Morgan fingerprint density at radius 3 is 2.71 bits per heavy atom. The number of rotatable bonds is 7. The first-order chi connectivity index (χ1) is 8.15. The van der Waals surface area contributed by atoms with Crippen LogP contribution in [0.5, 0.6) is 0 Å². The van der Waals surface area contributed by atoms with E-state index >= 15 is 0 Å². The van der Waals surface area contributed by atoms with Crippen LogP contribution in [-0.4, -0.2) is 16.8 Å². The molecule has 1 atom stereocenters. The minimum atomic E-state index is 0.00224. The monoisotopic (exact) mass is 234 g/mol. The molecule has 0 saturated heterocycles. The Morgan fingerprint density at radius 1 is 1.41 bits per heavy atom. The molecular weight excluding hydrogens is 212 g/mol. The third-order valence-corrected chi connectivity index (χ3v) is 2.82. The number of aromatic nitrogens is 1. The van der Waals surface area contributed by atoms with Gasteiger partial charge in [0.2, 0.25) is 0 Å². The Balaban J connectivity index is 2.44. The van der Waals surface area contributed by atoms with E-state index < -0.39 is 0 Å². The van der Waals surface area contributed by atoms with Crippen LogP contribution < -0.4 is 5.73 Å². The van der Waals surface area contributed by atoms with E-state index in [1.165, 1.54) is 5.56 Å². The maximum atomic E-state index is 11.7. The second-order valence-electron chi connectivity index (χ2n) is 4.48. The van der Waals surface area contributed by atoms with Crippen LogP contribution in [-0.2, 0) is 17.6 Å². The smallest absolute Gasteiger partial charge is 0.140 e. The number of nitrogens with zero attached hydrogens (tertiary/aromatic N) is 1. The third-order valence-electron chi connectivity index (χ3n) is 2.82. The van der Waals surface area contributed by atoms with Gasteiger partial charge in [-0.25, -0.2) is 0 Å². The van der Waals surface area contributed by atoms with E-state index in [2.05, 4.69) is 18.8 Å². The number of ketones is 1. The topological polar surface area (TPSA) is 56.0 Å². The molecule has 1 rings (SSSR count). The lowest BCUT2D eigenvalue weighted by Gasteiger charge is -2.08.